The first kappa shape index (κ1) is 18.3. The average Bonchev–Trinajstić information content (AvgIpc) is 2.58. The third kappa shape index (κ3) is 4.19. The second kappa shape index (κ2) is 8.25. The van der Waals surface area contributed by atoms with E-state index >= 15 is 0 Å². The molecule has 134 valence electrons. The van der Waals surface area contributed by atoms with Crippen molar-refractivity contribution in [2.75, 3.05) is 18.4 Å². The van der Waals surface area contributed by atoms with Crippen molar-refractivity contribution in [1.29, 1.82) is 0 Å². The van der Waals surface area contributed by atoms with Gasteiger partial charge in [-0.15, -0.1) is 0 Å². The van der Waals surface area contributed by atoms with Crippen LogP contribution in [0.2, 0.25) is 5.02 Å². The number of halogens is 1. The second-order valence-corrected chi connectivity index (χ2v) is 7.46. The molecule has 0 amide bonds. The molecule has 1 N–H and O–H groups in total. The number of anilines is 1. The van der Waals surface area contributed by atoms with Crippen LogP contribution in [0.3, 0.4) is 0 Å². The second-order valence-electron chi connectivity index (χ2n) is 7.05. The Bertz CT molecular complexity index is 709. The van der Waals surface area contributed by atoms with Crippen LogP contribution in [0.5, 0.6) is 0 Å². The Balaban J connectivity index is 1.78. The lowest BCUT2D eigenvalue weighted by molar-refractivity contribution is 0.115. The third-order valence-corrected chi connectivity index (χ3v) is 5.75. The highest BCUT2D eigenvalue weighted by Gasteiger charge is 2.24. The summed E-state index contributed by atoms with van der Waals surface area (Å²) in [4.78, 5) is 2.58. The van der Waals surface area contributed by atoms with Gasteiger partial charge in [0.2, 0.25) is 0 Å². The van der Waals surface area contributed by atoms with Gasteiger partial charge < -0.3 is 5.32 Å². The van der Waals surface area contributed by atoms with Crippen molar-refractivity contribution in [2.45, 2.75) is 52.1 Å². The quantitative estimate of drug-likeness (QED) is 0.620. The van der Waals surface area contributed by atoms with Gasteiger partial charge in [0.25, 0.3) is 0 Å². The highest BCUT2D eigenvalue weighted by Crippen LogP contribution is 2.31. The Morgan fingerprint density at radius 2 is 1.84 bits per heavy atom. The van der Waals surface area contributed by atoms with E-state index in [-0.39, 0.29) is 0 Å². The van der Waals surface area contributed by atoms with Crippen molar-refractivity contribution in [3.05, 3.63) is 64.2 Å². The average molecular weight is 357 g/mol. The predicted molar refractivity (Wildman–Crippen MR) is 109 cm³/mol. The van der Waals surface area contributed by atoms with Crippen LogP contribution in [0.25, 0.3) is 0 Å². The number of hydrogen-bond donors (Lipinski definition) is 1. The molecular formula is C22H29ClN2. The molecule has 1 unspecified atom stereocenters. The molecule has 1 saturated heterocycles. The van der Waals surface area contributed by atoms with E-state index in [1.807, 2.05) is 6.07 Å². The molecule has 0 aromatic heterocycles. The van der Waals surface area contributed by atoms with E-state index in [2.05, 4.69) is 67.4 Å². The van der Waals surface area contributed by atoms with Crippen LogP contribution < -0.4 is 5.32 Å². The molecule has 2 aromatic carbocycles. The number of benzene rings is 2. The molecule has 3 rings (SSSR count). The van der Waals surface area contributed by atoms with E-state index in [1.54, 1.807) is 0 Å². The van der Waals surface area contributed by atoms with Crippen LogP contribution in [0.1, 0.15) is 61.9 Å². The lowest BCUT2D eigenvalue weighted by atomic mass is 9.98. The van der Waals surface area contributed by atoms with Crippen molar-refractivity contribution in [1.82, 2.24) is 4.90 Å². The minimum atomic E-state index is 0.301. The fourth-order valence-corrected chi connectivity index (χ4v) is 3.82. The van der Waals surface area contributed by atoms with Crippen LogP contribution in [-0.2, 0) is 0 Å². The topological polar surface area (TPSA) is 15.3 Å². The SMILES string of the molecule is CCC(c1cccc(N[C@H](CC)c2ccc(Cl)c(C)c2)c1)N1CCC1. The molecule has 0 saturated carbocycles. The fourth-order valence-electron chi connectivity index (χ4n) is 3.70. The summed E-state index contributed by atoms with van der Waals surface area (Å²) in [5, 5.41) is 4.56. The number of hydrogen-bond acceptors (Lipinski definition) is 2. The molecule has 1 aliphatic rings. The van der Waals surface area contributed by atoms with Gasteiger partial charge >= 0.3 is 0 Å². The summed E-state index contributed by atoms with van der Waals surface area (Å²) < 4.78 is 0. The Kier molecular flexibility index (Phi) is 6.03. The van der Waals surface area contributed by atoms with Gasteiger partial charge in [-0.25, -0.2) is 0 Å². The maximum atomic E-state index is 6.18. The highest BCUT2D eigenvalue weighted by molar-refractivity contribution is 6.31. The first-order chi connectivity index (χ1) is 12.1. The molecule has 1 heterocycles. The molecule has 3 heteroatoms. The van der Waals surface area contributed by atoms with E-state index in [0.29, 0.717) is 12.1 Å². The zero-order chi connectivity index (χ0) is 17.8. The van der Waals surface area contributed by atoms with Gasteiger partial charge in [0.15, 0.2) is 0 Å². The summed E-state index contributed by atoms with van der Waals surface area (Å²) in [6.07, 6.45) is 3.54. The maximum absolute atomic E-state index is 6.18. The van der Waals surface area contributed by atoms with Crippen LogP contribution in [0.15, 0.2) is 42.5 Å². The number of nitrogens with one attached hydrogen (secondary N) is 1. The largest absolute Gasteiger partial charge is 0.378 e. The molecule has 0 bridgehead atoms. The van der Waals surface area contributed by atoms with E-state index in [9.17, 15) is 0 Å². The molecule has 0 aliphatic carbocycles. The summed E-state index contributed by atoms with van der Waals surface area (Å²) in [6.45, 7) is 9.04. The van der Waals surface area contributed by atoms with Crippen molar-refractivity contribution < 1.29 is 0 Å². The zero-order valence-corrected chi connectivity index (χ0v) is 16.3. The van der Waals surface area contributed by atoms with E-state index < -0.39 is 0 Å². The molecule has 2 aromatic rings. The first-order valence-electron chi connectivity index (χ1n) is 9.49. The van der Waals surface area contributed by atoms with E-state index in [0.717, 1.165) is 23.4 Å². The van der Waals surface area contributed by atoms with Gasteiger partial charge in [-0.2, -0.15) is 0 Å². The molecular weight excluding hydrogens is 328 g/mol. The Morgan fingerprint density at radius 1 is 1.04 bits per heavy atom. The summed E-state index contributed by atoms with van der Waals surface area (Å²) in [7, 11) is 0. The van der Waals surface area contributed by atoms with E-state index in [4.69, 9.17) is 11.6 Å². The van der Waals surface area contributed by atoms with Crippen LogP contribution in [0, 0.1) is 6.92 Å². The van der Waals surface area contributed by atoms with Gasteiger partial charge in [-0.3, -0.25) is 4.90 Å². The van der Waals surface area contributed by atoms with Crippen molar-refractivity contribution in [3.63, 3.8) is 0 Å². The summed E-state index contributed by atoms with van der Waals surface area (Å²) >= 11 is 6.18. The van der Waals surface area contributed by atoms with Crippen LogP contribution in [0.4, 0.5) is 5.69 Å². The maximum Gasteiger partial charge on any atom is 0.0511 e. The number of likely N-dealkylation sites (tertiary alicyclic amines) is 1. The lowest BCUT2D eigenvalue weighted by Gasteiger charge is -2.38. The Hall–Kier alpha value is -1.51. The first-order valence-corrected chi connectivity index (χ1v) is 9.86. The van der Waals surface area contributed by atoms with Crippen molar-refractivity contribution in [3.8, 4) is 0 Å². The Labute approximate surface area is 157 Å². The molecule has 1 fully saturated rings. The molecule has 0 radical (unpaired) electrons. The summed E-state index contributed by atoms with van der Waals surface area (Å²) in [5.41, 5.74) is 5.06. The molecule has 1 aliphatic heterocycles. The minimum absolute atomic E-state index is 0.301. The fraction of sp³-hybridized carbons (Fsp3) is 0.455. The van der Waals surface area contributed by atoms with Gasteiger partial charge in [-0.1, -0.05) is 49.7 Å². The number of rotatable bonds is 7. The number of nitrogens with zero attached hydrogens (tertiary/aromatic N) is 1. The third-order valence-electron chi connectivity index (χ3n) is 5.32. The number of aryl methyl sites for hydroxylation is 1. The van der Waals surface area contributed by atoms with Crippen LogP contribution >= 0.6 is 11.6 Å². The molecule has 0 spiro atoms. The normalized spacial score (nSPS) is 17.0. The van der Waals surface area contributed by atoms with Gasteiger partial charge in [0, 0.05) is 16.8 Å². The summed E-state index contributed by atoms with van der Waals surface area (Å²) in [5.74, 6) is 0. The highest BCUT2D eigenvalue weighted by atomic mass is 35.5. The predicted octanol–water partition coefficient (Wildman–Crippen LogP) is 6.37. The smallest absolute Gasteiger partial charge is 0.0511 e. The standard InChI is InChI=1S/C22H29ClN2/c1-4-21(17-10-11-20(23)16(3)14-17)24-19-9-6-8-18(15-19)22(5-2)25-12-7-13-25/h6,8-11,14-15,21-22,24H,4-5,7,12-13H2,1-3H3/t21-,22?/m1/s1. The van der Waals surface area contributed by atoms with Crippen LogP contribution in [-0.4, -0.2) is 18.0 Å². The van der Waals surface area contributed by atoms with E-state index in [1.165, 1.54) is 36.3 Å². The molecule has 2 nitrogen and oxygen atoms in total. The van der Waals surface area contributed by atoms with Gasteiger partial charge in [-0.05, 0) is 74.2 Å². The zero-order valence-electron chi connectivity index (χ0n) is 15.6. The Morgan fingerprint density at radius 3 is 2.44 bits per heavy atom. The monoisotopic (exact) mass is 356 g/mol. The lowest BCUT2D eigenvalue weighted by Crippen LogP contribution is -2.39. The molecule has 25 heavy (non-hydrogen) atoms. The van der Waals surface area contributed by atoms with Crippen molar-refractivity contribution >= 4 is 17.3 Å². The van der Waals surface area contributed by atoms with Gasteiger partial charge in [0.1, 0.15) is 0 Å². The van der Waals surface area contributed by atoms with Crippen molar-refractivity contribution in [2.24, 2.45) is 0 Å². The summed E-state index contributed by atoms with van der Waals surface area (Å²) in [6, 6.07) is 16.1. The molecule has 2 atom stereocenters. The minimum Gasteiger partial charge on any atom is -0.378 e. The van der Waals surface area contributed by atoms with Gasteiger partial charge in [0.05, 0.1) is 6.04 Å².